The first kappa shape index (κ1) is 34.3. The number of para-hydroxylation sites is 2. The van der Waals surface area contributed by atoms with E-state index in [0.29, 0.717) is 45.3 Å². The van der Waals surface area contributed by atoms with Crippen molar-refractivity contribution in [2.45, 2.75) is 26.2 Å². The Morgan fingerprint density at radius 3 is 1.85 bits per heavy atom. The van der Waals surface area contributed by atoms with E-state index in [0.717, 1.165) is 55.0 Å². The van der Waals surface area contributed by atoms with Gasteiger partial charge in [-0.25, -0.2) is 14.7 Å². The van der Waals surface area contributed by atoms with Crippen LogP contribution in [0.5, 0.6) is 11.5 Å². The predicted octanol–water partition coefficient (Wildman–Crippen LogP) is 16.8. The van der Waals surface area contributed by atoms with Crippen LogP contribution >= 0.6 is 0 Å². The third kappa shape index (κ3) is 7.36. The minimum absolute atomic E-state index is 0.0968. The number of benzene rings is 9. The highest BCUT2D eigenvalue weighted by Gasteiger charge is 2.23. The average molecular weight is 962 g/mol. The molecule has 74 heavy (non-hydrogen) atoms. The number of hydrogen-bond acceptors (Lipinski definition) is 2. The van der Waals surface area contributed by atoms with Crippen LogP contribution in [0.3, 0.4) is 0 Å². The fourth-order valence-electron chi connectivity index (χ4n) is 10.1. The van der Waals surface area contributed by atoms with Crippen LogP contribution in [0.2, 0.25) is 0 Å². The lowest BCUT2D eigenvalue weighted by Crippen LogP contribution is -2.31. The van der Waals surface area contributed by atoms with Crippen molar-refractivity contribution in [2.24, 2.45) is 0 Å². The van der Waals surface area contributed by atoms with Crippen molar-refractivity contribution in [3.63, 3.8) is 0 Å². The largest absolute Gasteiger partial charge is 0.458 e. The highest BCUT2D eigenvalue weighted by molar-refractivity contribution is 6.12. The van der Waals surface area contributed by atoms with Gasteiger partial charge in [0.2, 0.25) is 0 Å². The molecule has 13 aromatic rings. The molecule has 8 nitrogen and oxygen atoms in total. The van der Waals surface area contributed by atoms with Crippen molar-refractivity contribution in [3.05, 3.63) is 253 Å². The van der Waals surface area contributed by atoms with Gasteiger partial charge in [-0.1, -0.05) is 142 Å². The first-order valence-corrected chi connectivity index (χ1v) is 23.8. The SMILES string of the molecule is [2H]c1c([2H])c([2H])c(-c2cccc(-c3c([2H])c([2H])c([2H])c([2H])c3[2H])c2-[n+]2[c-]n(-c3cccc(Oc4ccc5c6ccccc6n(-c6cc(C(C)(C)C)ccn6)c5c4)c3)c3cc(-n4c5ccc([N+]#[C-])cc5c5cc([N+]#[C-])ccc54)ccc32)c([2H])c1[2H]. The Labute approximate surface area is 442 Å². The van der Waals surface area contributed by atoms with Crippen LogP contribution in [0.25, 0.3) is 109 Å². The Morgan fingerprint density at radius 1 is 0.541 bits per heavy atom. The second kappa shape index (κ2) is 17.4. The van der Waals surface area contributed by atoms with E-state index < -0.39 is 60.4 Å². The van der Waals surface area contributed by atoms with Gasteiger partial charge in [-0.3, -0.25) is 13.7 Å². The van der Waals surface area contributed by atoms with Crippen molar-refractivity contribution in [1.82, 2.24) is 18.7 Å². The fourth-order valence-corrected chi connectivity index (χ4v) is 10.1. The van der Waals surface area contributed by atoms with Crippen LogP contribution in [-0.2, 0) is 5.41 Å². The molecule has 0 fully saturated rings. The first-order valence-electron chi connectivity index (χ1n) is 28.8. The number of hydrogen-bond donors (Lipinski definition) is 0. The second-order valence-corrected chi connectivity index (χ2v) is 18.9. The van der Waals surface area contributed by atoms with E-state index in [-0.39, 0.29) is 33.4 Å². The van der Waals surface area contributed by atoms with Gasteiger partial charge in [-0.2, -0.15) is 0 Å². The van der Waals surface area contributed by atoms with Gasteiger partial charge in [0, 0.05) is 28.7 Å². The van der Waals surface area contributed by atoms with Crippen molar-refractivity contribution in [3.8, 4) is 56.6 Å². The zero-order valence-electron chi connectivity index (χ0n) is 50.0. The highest BCUT2D eigenvalue weighted by atomic mass is 16.5. The molecular formula is C66H45N7O. The van der Waals surface area contributed by atoms with E-state index in [2.05, 4.69) is 59.6 Å². The lowest BCUT2D eigenvalue weighted by atomic mass is 9.88. The van der Waals surface area contributed by atoms with E-state index in [9.17, 15) is 5.48 Å². The lowest BCUT2D eigenvalue weighted by Gasteiger charge is -2.20. The minimum Gasteiger partial charge on any atom is -0.458 e. The summed E-state index contributed by atoms with van der Waals surface area (Å²) < 4.78 is 103. The zero-order chi connectivity index (χ0) is 58.8. The molecule has 9 aromatic carbocycles. The highest BCUT2D eigenvalue weighted by Crippen LogP contribution is 2.40. The predicted molar refractivity (Wildman–Crippen MR) is 299 cm³/mol. The van der Waals surface area contributed by atoms with Gasteiger partial charge in [0.15, 0.2) is 11.4 Å². The molecule has 0 saturated heterocycles. The minimum atomic E-state index is -0.603. The van der Waals surface area contributed by atoms with Crippen LogP contribution in [0, 0.1) is 19.5 Å². The van der Waals surface area contributed by atoms with Crippen LogP contribution in [0.15, 0.2) is 218 Å². The summed E-state index contributed by atoms with van der Waals surface area (Å²) in [5.41, 5.74) is 7.36. The molecule has 13 rings (SSSR count). The van der Waals surface area contributed by atoms with E-state index in [1.54, 1.807) is 51.6 Å². The van der Waals surface area contributed by atoms with Gasteiger partial charge in [-0.15, -0.1) is 0 Å². The van der Waals surface area contributed by atoms with Crippen molar-refractivity contribution < 1.29 is 23.0 Å². The van der Waals surface area contributed by atoms with Crippen LogP contribution < -0.4 is 9.30 Å². The van der Waals surface area contributed by atoms with Gasteiger partial charge in [0.25, 0.3) is 6.33 Å². The van der Waals surface area contributed by atoms with Crippen LogP contribution in [0.4, 0.5) is 11.4 Å². The summed E-state index contributed by atoms with van der Waals surface area (Å²) in [5.74, 6) is 1.76. The molecule has 0 bridgehead atoms. The molecule has 350 valence electrons. The fraction of sp³-hybridized carbons (Fsp3) is 0.0606. The summed E-state index contributed by atoms with van der Waals surface area (Å²) >= 11 is 0. The molecule has 0 unspecified atom stereocenters. The van der Waals surface area contributed by atoms with E-state index in [1.165, 1.54) is 0 Å². The topological polar surface area (TPSA) is 49.5 Å². The first-order chi connectivity index (χ1) is 40.4. The Hall–Kier alpha value is -10.0. The number of imidazole rings is 1. The molecular weight excluding hydrogens is 907 g/mol. The van der Waals surface area contributed by atoms with Gasteiger partial charge in [-0.05, 0) is 129 Å². The number of rotatable bonds is 8. The van der Waals surface area contributed by atoms with E-state index >= 15 is 0 Å². The molecule has 0 N–H and O–H groups in total. The molecule has 0 spiro atoms. The zero-order valence-corrected chi connectivity index (χ0v) is 40.0. The molecule has 0 aliphatic carbocycles. The Morgan fingerprint density at radius 2 is 1.18 bits per heavy atom. The number of nitrogens with zero attached hydrogens (tertiary/aromatic N) is 7. The maximum Gasteiger partial charge on any atom is 0.269 e. The number of fused-ring (bicyclic) bond motifs is 7. The van der Waals surface area contributed by atoms with Crippen molar-refractivity contribution in [1.29, 1.82) is 0 Å². The second-order valence-electron chi connectivity index (χ2n) is 18.9. The Bertz CT molecular complexity index is 4880. The quantitative estimate of drug-likeness (QED) is 0.113. The van der Waals surface area contributed by atoms with Gasteiger partial charge >= 0.3 is 0 Å². The third-order valence-electron chi connectivity index (χ3n) is 13.5. The molecule has 0 atom stereocenters. The molecule has 0 aliphatic rings. The summed E-state index contributed by atoms with van der Waals surface area (Å²) in [4.78, 5) is 12.3. The molecule has 0 saturated carbocycles. The van der Waals surface area contributed by atoms with E-state index in [4.69, 9.17) is 31.1 Å². The Kier molecular flexibility index (Phi) is 8.06. The van der Waals surface area contributed by atoms with Crippen LogP contribution in [-0.4, -0.2) is 18.7 Å². The smallest absolute Gasteiger partial charge is 0.269 e. The number of aromatic nitrogens is 5. The standard InChI is InChI=1S/C66H45N7O/c1-66(2,3)45-34-35-69-64(36-45)73-58-25-13-12-22-54(58)55-30-29-51(41-62(55)73)74-50-21-14-20-48(39-50)70-42-71(65-52(43-16-8-6-9-17-43)23-15-24-53(65)44-18-10-7-11-19-44)61-33-28-49(40-63(61)70)72-59-31-26-46(67-4)37-56(59)57-38-47(68-5)27-32-60(57)72/h6-41H,1-3H3/i6D,7D,8D,9D,10D,11D,16D,17D,18D,19D. The molecule has 4 aromatic heterocycles. The normalized spacial score (nSPS) is 13.6. The maximum absolute atomic E-state index is 9.25. The summed E-state index contributed by atoms with van der Waals surface area (Å²) in [6.07, 6.45) is 5.37. The average Bonchev–Trinajstić information content (AvgIpc) is 2.38. The molecule has 0 radical (unpaired) electrons. The monoisotopic (exact) mass is 961 g/mol. The number of pyridine rings is 1. The summed E-state index contributed by atoms with van der Waals surface area (Å²) in [6, 6.07) is 41.3. The van der Waals surface area contributed by atoms with Gasteiger partial charge in [0.05, 0.1) is 71.3 Å². The molecule has 8 heteroatoms. The number of ether oxygens (including phenoxy) is 1. The Balaban J connectivity index is 1.07. The van der Waals surface area contributed by atoms with E-state index in [1.807, 2.05) is 102 Å². The molecule has 0 aliphatic heterocycles. The van der Waals surface area contributed by atoms with Gasteiger partial charge < -0.3 is 9.30 Å². The van der Waals surface area contributed by atoms with Crippen molar-refractivity contribution >= 4 is 66.0 Å². The summed E-state index contributed by atoms with van der Waals surface area (Å²) in [5, 5.41) is 3.58. The molecule has 0 amide bonds. The molecule has 4 heterocycles. The summed E-state index contributed by atoms with van der Waals surface area (Å²) in [7, 11) is 0. The van der Waals surface area contributed by atoms with Crippen LogP contribution in [0.1, 0.15) is 40.0 Å². The van der Waals surface area contributed by atoms with Gasteiger partial charge in [0.1, 0.15) is 17.3 Å². The third-order valence-corrected chi connectivity index (χ3v) is 13.5. The summed E-state index contributed by atoms with van der Waals surface area (Å²) in [6.45, 7) is 22.2. The lowest BCUT2D eigenvalue weighted by molar-refractivity contribution is -0.571. The van der Waals surface area contributed by atoms with Crippen molar-refractivity contribution in [2.75, 3.05) is 0 Å². The maximum atomic E-state index is 9.25.